The fraction of sp³-hybridized carbons (Fsp3) is 0.235. The Labute approximate surface area is 124 Å². The van der Waals surface area contributed by atoms with Crippen LogP contribution in [0.1, 0.15) is 17.5 Å². The maximum Gasteiger partial charge on any atom is 0.131 e. The molecule has 0 atom stereocenters. The minimum Gasteiger partial charge on any atom is -0.352 e. The quantitative estimate of drug-likeness (QED) is 0.832. The van der Waals surface area contributed by atoms with Crippen LogP contribution in [-0.2, 0) is 6.54 Å². The smallest absolute Gasteiger partial charge is 0.131 e. The number of halogens is 1. The van der Waals surface area contributed by atoms with E-state index in [9.17, 15) is 0 Å². The maximum absolute atomic E-state index is 5.94. The van der Waals surface area contributed by atoms with Crippen molar-refractivity contribution in [3.8, 4) is 0 Å². The zero-order valence-corrected chi connectivity index (χ0v) is 12.1. The average Bonchev–Trinajstić information content (AvgIpc) is 2.51. The number of nitrogens with zero attached hydrogens (tertiary/aromatic N) is 2. The van der Waals surface area contributed by atoms with Gasteiger partial charge in [-0.3, -0.25) is 4.99 Å². The Bertz CT molecular complexity index is 590. The highest BCUT2D eigenvalue weighted by Crippen LogP contribution is 2.16. The largest absolute Gasteiger partial charge is 0.352 e. The minimum atomic E-state index is 0.782. The van der Waals surface area contributed by atoms with Crippen LogP contribution in [-0.4, -0.2) is 23.8 Å². The number of hydrogen-bond acceptors (Lipinski definition) is 2. The van der Waals surface area contributed by atoms with E-state index in [1.807, 2.05) is 18.2 Å². The minimum absolute atomic E-state index is 0.782. The first-order valence-electron chi connectivity index (χ1n) is 6.92. The Kier molecular flexibility index (Phi) is 4.03. The number of rotatable bonds is 3. The summed E-state index contributed by atoms with van der Waals surface area (Å²) in [5, 5.41) is 0.782. The molecule has 0 aliphatic carbocycles. The monoisotopic (exact) mass is 284 g/mol. The SMILES string of the molecule is Clc1ccc(CN2CCCN=C2c2ccccc2)cc1. The number of benzene rings is 2. The second-order valence-corrected chi connectivity index (χ2v) is 5.41. The van der Waals surface area contributed by atoms with E-state index < -0.39 is 0 Å². The van der Waals surface area contributed by atoms with Crippen molar-refractivity contribution in [1.82, 2.24) is 4.90 Å². The molecule has 1 aliphatic rings. The average molecular weight is 285 g/mol. The summed E-state index contributed by atoms with van der Waals surface area (Å²) < 4.78 is 0. The van der Waals surface area contributed by atoms with Gasteiger partial charge in [-0.05, 0) is 24.1 Å². The lowest BCUT2D eigenvalue weighted by Gasteiger charge is -2.29. The molecule has 20 heavy (non-hydrogen) atoms. The van der Waals surface area contributed by atoms with Gasteiger partial charge in [0.05, 0.1) is 0 Å². The van der Waals surface area contributed by atoms with Crippen LogP contribution in [0.15, 0.2) is 59.6 Å². The fourth-order valence-corrected chi connectivity index (χ4v) is 2.60. The Morgan fingerprint density at radius 2 is 1.75 bits per heavy atom. The summed E-state index contributed by atoms with van der Waals surface area (Å²) in [4.78, 5) is 7.06. The van der Waals surface area contributed by atoms with E-state index >= 15 is 0 Å². The third kappa shape index (κ3) is 3.02. The highest BCUT2D eigenvalue weighted by molar-refractivity contribution is 6.30. The molecule has 0 bridgehead atoms. The summed E-state index contributed by atoms with van der Waals surface area (Å²) in [5.74, 6) is 1.10. The molecule has 102 valence electrons. The van der Waals surface area contributed by atoms with Crippen molar-refractivity contribution < 1.29 is 0 Å². The van der Waals surface area contributed by atoms with Crippen molar-refractivity contribution in [1.29, 1.82) is 0 Å². The molecule has 0 fully saturated rings. The van der Waals surface area contributed by atoms with E-state index in [4.69, 9.17) is 16.6 Å². The third-order valence-electron chi connectivity index (χ3n) is 3.47. The van der Waals surface area contributed by atoms with Gasteiger partial charge in [0.2, 0.25) is 0 Å². The third-order valence-corrected chi connectivity index (χ3v) is 3.72. The van der Waals surface area contributed by atoms with Crippen molar-refractivity contribution in [2.24, 2.45) is 4.99 Å². The van der Waals surface area contributed by atoms with E-state index in [0.717, 1.165) is 36.9 Å². The molecule has 0 unspecified atom stereocenters. The predicted octanol–water partition coefficient (Wildman–Crippen LogP) is 3.99. The zero-order chi connectivity index (χ0) is 13.8. The molecular weight excluding hydrogens is 268 g/mol. The second kappa shape index (κ2) is 6.10. The van der Waals surface area contributed by atoms with Crippen molar-refractivity contribution in [2.45, 2.75) is 13.0 Å². The van der Waals surface area contributed by atoms with Gasteiger partial charge in [0.15, 0.2) is 0 Å². The summed E-state index contributed by atoms with van der Waals surface area (Å²) in [7, 11) is 0. The van der Waals surface area contributed by atoms with Gasteiger partial charge < -0.3 is 4.90 Å². The molecule has 0 aromatic heterocycles. The van der Waals surface area contributed by atoms with E-state index in [1.54, 1.807) is 0 Å². The van der Waals surface area contributed by atoms with Gasteiger partial charge in [0.25, 0.3) is 0 Å². The van der Waals surface area contributed by atoms with Gasteiger partial charge in [-0.2, -0.15) is 0 Å². The van der Waals surface area contributed by atoms with Gasteiger partial charge in [0, 0.05) is 30.2 Å². The molecule has 1 aliphatic heterocycles. The Hall–Kier alpha value is -1.80. The summed E-state index contributed by atoms with van der Waals surface area (Å²) in [6, 6.07) is 18.5. The first kappa shape index (κ1) is 13.2. The van der Waals surface area contributed by atoms with Gasteiger partial charge in [0.1, 0.15) is 5.84 Å². The highest BCUT2D eigenvalue weighted by atomic mass is 35.5. The molecule has 2 aromatic rings. The van der Waals surface area contributed by atoms with Crippen LogP contribution >= 0.6 is 11.6 Å². The maximum atomic E-state index is 5.94. The highest BCUT2D eigenvalue weighted by Gasteiger charge is 2.16. The fourth-order valence-electron chi connectivity index (χ4n) is 2.48. The first-order valence-corrected chi connectivity index (χ1v) is 7.30. The Morgan fingerprint density at radius 3 is 2.50 bits per heavy atom. The molecule has 0 saturated heterocycles. The molecule has 3 heteroatoms. The van der Waals surface area contributed by atoms with E-state index in [1.165, 1.54) is 11.1 Å². The standard InChI is InChI=1S/C17H17ClN2/c18-16-9-7-14(8-10-16)13-20-12-4-11-19-17(20)15-5-2-1-3-6-15/h1-3,5-10H,4,11-13H2. The first-order chi connectivity index (χ1) is 9.83. The molecule has 0 saturated carbocycles. The summed E-state index contributed by atoms with van der Waals surface area (Å²) in [5.41, 5.74) is 2.46. The number of amidine groups is 1. The van der Waals surface area contributed by atoms with E-state index in [2.05, 4.69) is 41.3 Å². The lowest BCUT2D eigenvalue weighted by Crippen LogP contribution is -2.35. The van der Waals surface area contributed by atoms with Crippen molar-refractivity contribution >= 4 is 17.4 Å². The normalized spacial score (nSPS) is 15.1. The molecule has 2 nitrogen and oxygen atoms in total. The van der Waals surface area contributed by atoms with Gasteiger partial charge in [-0.15, -0.1) is 0 Å². The molecule has 2 aromatic carbocycles. The predicted molar refractivity (Wildman–Crippen MR) is 84.3 cm³/mol. The van der Waals surface area contributed by atoms with Crippen LogP contribution in [0.4, 0.5) is 0 Å². The molecule has 3 rings (SSSR count). The van der Waals surface area contributed by atoms with Crippen LogP contribution < -0.4 is 0 Å². The van der Waals surface area contributed by atoms with Crippen LogP contribution in [0.3, 0.4) is 0 Å². The number of hydrogen-bond donors (Lipinski definition) is 0. The van der Waals surface area contributed by atoms with Gasteiger partial charge in [-0.1, -0.05) is 54.1 Å². The number of aliphatic imine (C=N–C) groups is 1. The zero-order valence-electron chi connectivity index (χ0n) is 11.3. The molecular formula is C17H17ClN2. The van der Waals surface area contributed by atoms with E-state index in [-0.39, 0.29) is 0 Å². The second-order valence-electron chi connectivity index (χ2n) is 4.97. The molecule has 0 N–H and O–H groups in total. The molecule has 0 amide bonds. The van der Waals surface area contributed by atoms with E-state index in [0.29, 0.717) is 0 Å². The topological polar surface area (TPSA) is 15.6 Å². The lowest BCUT2D eigenvalue weighted by molar-refractivity contribution is 0.389. The van der Waals surface area contributed by atoms with Gasteiger partial charge in [-0.25, -0.2) is 0 Å². The van der Waals surface area contributed by atoms with Crippen molar-refractivity contribution in [3.63, 3.8) is 0 Å². The Morgan fingerprint density at radius 1 is 1.00 bits per heavy atom. The summed E-state index contributed by atoms with van der Waals surface area (Å²) in [6.45, 7) is 2.85. The van der Waals surface area contributed by atoms with Crippen LogP contribution in [0, 0.1) is 0 Å². The van der Waals surface area contributed by atoms with Crippen molar-refractivity contribution in [3.05, 3.63) is 70.7 Å². The van der Waals surface area contributed by atoms with Crippen molar-refractivity contribution in [2.75, 3.05) is 13.1 Å². The molecule has 0 radical (unpaired) electrons. The Balaban J connectivity index is 1.82. The van der Waals surface area contributed by atoms with Crippen LogP contribution in [0.25, 0.3) is 0 Å². The molecule has 1 heterocycles. The lowest BCUT2D eigenvalue weighted by atomic mass is 10.1. The van der Waals surface area contributed by atoms with Crippen LogP contribution in [0.2, 0.25) is 5.02 Å². The van der Waals surface area contributed by atoms with Crippen LogP contribution in [0.5, 0.6) is 0 Å². The molecule has 0 spiro atoms. The summed E-state index contributed by atoms with van der Waals surface area (Å²) >= 11 is 5.94. The van der Waals surface area contributed by atoms with Gasteiger partial charge >= 0.3 is 0 Å². The summed E-state index contributed by atoms with van der Waals surface area (Å²) in [6.07, 6.45) is 1.12.